The SMILES string of the molecule is CCOC(=O)CN(C)Cc1ccc(OC)c(OCC(O)CN2CCCN(C)CC2)c1. The molecular weight excluding hydrogens is 386 g/mol. The second-order valence-electron chi connectivity index (χ2n) is 7.88. The third-order valence-corrected chi connectivity index (χ3v) is 5.10. The Bertz CT molecular complexity index is 658. The lowest BCUT2D eigenvalue weighted by molar-refractivity contribution is -0.144. The summed E-state index contributed by atoms with van der Waals surface area (Å²) < 4.78 is 16.3. The van der Waals surface area contributed by atoms with E-state index in [1.165, 1.54) is 0 Å². The summed E-state index contributed by atoms with van der Waals surface area (Å²) in [6, 6.07) is 5.69. The molecule has 1 aromatic carbocycles. The summed E-state index contributed by atoms with van der Waals surface area (Å²) in [4.78, 5) is 18.1. The van der Waals surface area contributed by atoms with E-state index in [1.54, 1.807) is 14.0 Å². The molecule has 1 unspecified atom stereocenters. The van der Waals surface area contributed by atoms with Gasteiger partial charge in [-0.15, -0.1) is 0 Å². The maximum absolute atomic E-state index is 11.6. The fourth-order valence-corrected chi connectivity index (χ4v) is 3.55. The Morgan fingerprint density at radius 2 is 2.03 bits per heavy atom. The van der Waals surface area contributed by atoms with E-state index in [4.69, 9.17) is 14.2 Å². The normalized spacial score (nSPS) is 16.9. The number of nitrogens with zero attached hydrogens (tertiary/aromatic N) is 3. The summed E-state index contributed by atoms with van der Waals surface area (Å²) in [5, 5.41) is 10.5. The van der Waals surface area contributed by atoms with Crippen LogP contribution in [0.3, 0.4) is 0 Å². The van der Waals surface area contributed by atoms with Crippen molar-refractivity contribution in [2.24, 2.45) is 0 Å². The van der Waals surface area contributed by atoms with E-state index in [0.717, 1.165) is 38.2 Å². The van der Waals surface area contributed by atoms with Crippen molar-refractivity contribution in [1.29, 1.82) is 0 Å². The molecule has 1 fully saturated rings. The van der Waals surface area contributed by atoms with Crippen LogP contribution in [0.1, 0.15) is 18.9 Å². The molecule has 1 saturated heterocycles. The van der Waals surface area contributed by atoms with E-state index in [2.05, 4.69) is 16.8 Å². The first-order valence-corrected chi connectivity index (χ1v) is 10.6. The molecule has 1 aromatic rings. The molecular formula is C22H37N3O5. The number of benzene rings is 1. The van der Waals surface area contributed by atoms with Gasteiger partial charge in [0.25, 0.3) is 0 Å². The van der Waals surface area contributed by atoms with Gasteiger partial charge < -0.3 is 24.2 Å². The Kier molecular flexibility index (Phi) is 10.4. The monoisotopic (exact) mass is 423 g/mol. The van der Waals surface area contributed by atoms with E-state index in [-0.39, 0.29) is 19.1 Å². The van der Waals surface area contributed by atoms with Crippen LogP contribution in [0.2, 0.25) is 0 Å². The Labute approximate surface area is 180 Å². The second kappa shape index (κ2) is 12.7. The second-order valence-corrected chi connectivity index (χ2v) is 7.88. The minimum absolute atomic E-state index is 0.199. The van der Waals surface area contributed by atoms with E-state index in [1.807, 2.05) is 30.1 Å². The van der Waals surface area contributed by atoms with Crippen molar-refractivity contribution in [1.82, 2.24) is 14.7 Å². The molecule has 0 amide bonds. The average molecular weight is 424 g/mol. The van der Waals surface area contributed by atoms with E-state index < -0.39 is 6.10 Å². The lowest BCUT2D eigenvalue weighted by Crippen LogP contribution is -2.37. The number of β-amino-alcohol motifs (C(OH)–C–C–N with tert-alkyl or cyclic N) is 1. The minimum atomic E-state index is -0.576. The van der Waals surface area contributed by atoms with Gasteiger partial charge in [0.1, 0.15) is 12.7 Å². The van der Waals surface area contributed by atoms with Crippen LogP contribution < -0.4 is 9.47 Å². The molecule has 0 spiro atoms. The van der Waals surface area contributed by atoms with Crippen molar-refractivity contribution < 1.29 is 24.1 Å². The van der Waals surface area contributed by atoms with Crippen molar-refractivity contribution in [3.05, 3.63) is 23.8 Å². The number of aliphatic hydroxyl groups is 1. The number of likely N-dealkylation sites (N-methyl/N-ethyl adjacent to an activating group) is 2. The zero-order valence-electron chi connectivity index (χ0n) is 18.8. The van der Waals surface area contributed by atoms with Crippen LogP contribution in [0.4, 0.5) is 0 Å². The van der Waals surface area contributed by atoms with Crippen LogP contribution in [0.5, 0.6) is 11.5 Å². The molecule has 1 heterocycles. The molecule has 2 rings (SSSR count). The summed E-state index contributed by atoms with van der Waals surface area (Å²) in [6.45, 7) is 7.83. The molecule has 0 aromatic heterocycles. The first-order valence-electron chi connectivity index (χ1n) is 10.6. The van der Waals surface area contributed by atoms with Gasteiger partial charge in [0.15, 0.2) is 11.5 Å². The molecule has 0 bridgehead atoms. The summed E-state index contributed by atoms with van der Waals surface area (Å²) in [5.74, 6) is 0.970. The average Bonchev–Trinajstić information content (AvgIpc) is 2.90. The number of hydrogen-bond acceptors (Lipinski definition) is 8. The first kappa shape index (κ1) is 24.4. The number of aliphatic hydroxyl groups excluding tert-OH is 1. The molecule has 0 saturated carbocycles. The molecule has 0 aliphatic carbocycles. The summed E-state index contributed by atoms with van der Waals surface area (Å²) in [5.41, 5.74) is 0.989. The predicted octanol–water partition coefficient (Wildman–Crippen LogP) is 1.07. The fraction of sp³-hybridized carbons (Fsp3) is 0.682. The standard InChI is InChI=1S/C22H37N3O5/c1-5-29-22(27)16-24(3)14-18-7-8-20(28-4)21(13-18)30-17-19(26)15-25-10-6-9-23(2)11-12-25/h7-8,13,19,26H,5-6,9-12,14-17H2,1-4H3. The summed E-state index contributed by atoms with van der Waals surface area (Å²) in [7, 11) is 5.59. The maximum Gasteiger partial charge on any atom is 0.320 e. The molecule has 1 atom stereocenters. The molecule has 8 nitrogen and oxygen atoms in total. The number of esters is 1. The maximum atomic E-state index is 11.6. The molecule has 1 aliphatic heterocycles. The number of carbonyl (C=O) groups excluding carboxylic acids is 1. The topological polar surface area (TPSA) is 74.7 Å². The highest BCUT2D eigenvalue weighted by molar-refractivity contribution is 5.71. The Morgan fingerprint density at radius 1 is 1.23 bits per heavy atom. The summed E-state index contributed by atoms with van der Waals surface area (Å²) in [6.07, 6.45) is 0.535. The van der Waals surface area contributed by atoms with E-state index in [9.17, 15) is 9.90 Å². The number of hydrogen-bond donors (Lipinski definition) is 1. The molecule has 30 heavy (non-hydrogen) atoms. The highest BCUT2D eigenvalue weighted by Gasteiger charge is 2.17. The summed E-state index contributed by atoms with van der Waals surface area (Å²) >= 11 is 0. The number of rotatable bonds is 11. The number of ether oxygens (including phenoxy) is 3. The van der Waals surface area contributed by atoms with Crippen LogP contribution in [-0.4, -0.2) is 106 Å². The van der Waals surface area contributed by atoms with Crippen molar-refractivity contribution in [2.75, 3.05) is 73.7 Å². The van der Waals surface area contributed by atoms with Crippen LogP contribution in [0.15, 0.2) is 18.2 Å². The van der Waals surface area contributed by atoms with Gasteiger partial charge >= 0.3 is 5.97 Å². The smallest absolute Gasteiger partial charge is 0.320 e. The van der Waals surface area contributed by atoms with Gasteiger partial charge in [-0.2, -0.15) is 0 Å². The van der Waals surface area contributed by atoms with Crippen molar-refractivity contribution >= 4 is 5.97 Å². The Morgan fingerprint density at radius 3 is 2.77 bits per heavy atom. The third-order valence-electron chi connectivity index (χ3n) is 5.10. The quantitative estimate of drug-likeness (QED) is 0.530. The zero-order valence-corrected chi connectivity index (χ0v) is 18.8. The van der Waals surface area contributed by atoms with E-state index >= 15 is 0 Å². The third kappa shape index (κ3) is 8.47. The molecule has 1 aliphatic rings. The van der Waals surface area contributed by atoms with Gasteiger partial charge in [-0.05, 0) is 58.2 Å². The van der Waals surface area contributed by atoms with Gasteiger partial charge in [0, 0.05) is 26.2 Å². The number of carbonyl (C=O) groups is 1. The van der Waals surface area contributed by atoms with Crippen molar-refractivity contribution in [3.63, 3.8) is 0 Å². The largest absolute Gasteiger partial charge is 0.493 e. The first-order chi connectivity index (χ1) is 14.4. The lowest BCUT2D eigenvalue weighted by atomic mass is 10.2. The van der Waals surface area contributed by atoms with Crippen LogP contribution in [0, 0.1) is 0 Å². The zero-order chi connectivity index (χ0) is 21.9. The fourth-order valence-electron chi connectivity index (χ4n) is 3.55. The highest BCUT2D eigenvalue weighted by Crippen LogP contribution is 2.28. The Balaban J connectivity index is 1.89. The molecule has 8 heteroatoms. The van der Waals surface area contributed by atoms with Gasteiger partial charge in [-0.3, -0.25) is 14.6 Å². The lowest BCUT2D eigenvalue weighted by Gasteiger charge is -2.24. The molecule has 1 N–H and O–H groups in total. The van der Waals surface area contributed by atoms with Crippen LogP contribution in [-0.2, 0) is 16.1 Å². The predicted molar refractivity (Wildman–Crippen MR) is 116 cm³/mol. The van der Waals surface area contributed by atoms with Gasteiger partial charge in [-0.25, -0.2) is 0 Å². The van der Waals surface area contributed by atoms with E-state index in [0.29, 0.717) is 31.2 Å². The van der Waals surface area contributed by atoms with Gasteiger partial charge in [-0.1, -0.05) is 6.07 Å². The van der Waals surface area contributed by atoms with Crippen molar-refractivity contribution in [3.8, 4) is 11.5 Å². The number of methoxy groups -OCH3 is 1. The highest BCUT2D eigenvalue weighted by atomic mass is 16.5. The molecule has 170 valence electrons. The Hall–Kier alpha value is -1.87. The van der Waals surface area contributed by atoms with Crippen molar-refractivity contribution in [2.45, 2.75) is 26.0 Å². The van der Waals surface area contributed by atoms with Crippen LogP contribution in [0.25, 0.3) is 0 Å². The molecule has 0 radical (unpaired) electrons. The minimum Gasteiger partial charge on any atom is -0.493 e. The van der Waals surface area contributed by atoms with Gasteiger partial charge in [0.2, 0.25) is 0 Å². The van der Waals surface area contributed by atoms with Gasteiger partial charge in [0.05, 0.1) is 20.3 Å². The van der Waals surface area contributed by atoms with Crippen LogP contribution >= 0.6 is 0 Å².